The van der Waals surface area contributed by atoms with Crippen molar-refractivity contribution in [3.8, 4) is 5.69 Å². The highest BCUT2D eigenvalue weighted by Crippen LogP contribution is 2.21. The average Bonchev–Trinajstić information content (AvgIpc) is 2.74. The van der Waals surface area contributed by atoms with Gasteiger partial charge in [-0.3, -0.25) is 4.57 Å². The third-order valence-corrected chi connectivity index (χ3v) is 2.58. The first-order valence-corrected chi connectivity index (χ1v) is 5.26. The first-order chi connectivity index (χ1) is 8.13. The molecule has 0 aliphatic heterocycles. The van der Waals surface area contributed by atoms with Gasteiger partial charge in [0.2, 0.25) is 0 Å². The van der Waals surface area contributed by atoms with E-state index in [-0.39, 0.29) is 0 Å². The number of nitrogens with zero attached hydrogens (tertiary/aromatic N) is 3. The van der Waals surface area contributed by atoms with Crippen LogP contribution in [0.4, 0.5) is 0 Å². The van der Waals surface area contributed by atoms with Crippen LogP contribution in [-0.2, 0) is 4.74 Å². The third kappa shape index (κ3) is 2.14. The fourth-order valence-electron chi connectivity index (χ4n) is 1.52. The zero-order valence-electron chi connectivity index (χ0n) is 9.35. The number of benzene rings is 1. The topological polar surface area (TPSA) is 57.0 Å². The lowest BCUT2D eigenvalue weighted by Gasteiger charge is -2.09. The van der Waals surface area contributed by atoms with Crippen LogP contribution in [0.5, 0.6) is 0 Å². The Morgan fingerprint density at radius 2 is 2.24 bits per heavy atom. The Labute approximate surface area is 103 Å². The van der Waals surface area contributed by atoms with Gasteiger partial charge in [0.25, 0.3) is 0 Å². The Hall–Kier alpha value is -1.88. The molecule has 0 amide bonds. The summed E-state index contributed by atoms with van der Waals surface area (Å²) in [6, 6.07) is 4.98. The summed E-state index contributed by atoms with van der Waals surface area (Å²) in [5, 5.41) is 8.12. The number of aryl methyl sites for hydroxylation is 1. The standard InChI is InChI=1S/C11H10ClN3O2/c1-7-14-13-6-15(7)10-4-3-8(12)5-9(10)11(16)17-2/h3-6H,1-2H3. The number of ether oxygens (including phenoxy) is 1. The second-order valence-corrected chi connectivity index (χ2v) is 3.84. The Bertz CT molecular complexity index is 566. The van der Waals surface area contributed by atoms with Gasteiger partial charge in [0.05, 0.1) is 18.4 Å². The maximum atomic E-state index is 11.7. The van der Waals surface area contributed by atoms with Crippen LogP contribution in [0.3, 0.4) is 0 Å². The molecular weight excluding hydrogens is 242 g/mol. The summed E-state index contributed by atoms with van der Waals surface area (Å²) < 4.78 is 6.42. The zero-order chi connectivity index (χ0) is 12.4. The van der Waals surface area contributed by atoms with Crippen molar-refractivity contribution in [3.63, 3.8) is 0 Å². The number of methoxy groups -OCH3 is 1. The van der Waals surface area contributed by atoms with Gasteiger partial charge in [0, 0.05) is 5.02 Å². The molecule has 0 radical (unpaired) electrons. The van der Waals surface area contributed by atoms with Gasteiger partial charge in [-0.15, -0.1) is 10.2 Å². The molecule has 0 unspecified atom stereocenters. The number of carbonyl (C=O) groups excluding carboxylic acids is 1. The molecule has 0 bridgehead atoms. The van der Waals surface area contributed by atoms with Crippen molar-refractivity contribution >= 4 is 17.6 Å². The summed E-state index contributed by atoms with van der Waals surface area (Å²) >= 11 is 5.87. The van der Waals surface area contributed by atoms with E-state index < -0.39 is 5.97 Å². The van der Waals surface area contributed by atoms with Crippen LogP contribution in [0.1, 0.15) is 16.2 Å². The van der Waals surface area contributed by atoms with Crippen LogP contribution < -0.4 is 0 Å². The third-order valence-electron chi connectivity index (χ3n) is 2.34. The molecule has 1 aromatic heterocycles. The van der Waals surface area contributed by atoms with Gasteiger partial charge in [0.15, 0.2) is 0 Å². The lowest BCUT2D eigenvalue weighted by atomic mass is 10.1. The van der Waals surface area contributed by atoms with Gasteiger partial charge in [-0.1, -0.05) is 11.6 Å². The highest BCUT2D eigenvalue weighted by Gasteiger charge is 2.15. The monoisotopic (exact) mass is 251 g/mol. The SMILES string of the molecule is COC(=O)c1cc(Cl)ccc1-n1cnnc1C. The molecule has 6 heteroatoms. The smallest absolute Gasteiger partial charge is 0.340 e. The number of rotatable bonds is 2. The van der Waals surface area contributed by atoms with E-state index in [9.17, 15) is 4.79 Å². The van der Waals surface area contributed by atoms with E-state index in [1.165, 1.54) is 13.4 Å². The van der Waals surface area contributed by atoms with Crippen molar-refractivity contribution in [3.05, 3.63) is 40.9 Å². The van der Waals surface area contributed by atoms with E-state index in [1.807, 2.05) is 0 Å². The molecule has 0 fully saturated rings. The maximum absolute atomic E-state index is 11.7. The Kier molecular flexibility index (Phi) is 3.10. The number of hydrogen-bond acceptors (Lipinski definition) is 4. The molecule has 17 heavy (non-hydrogen) atoms. The molecule has 2 rings (SSSR count). The summed E-state index contributed by atoms with van der Waals surface area (Å²) in [7, 11) is 1.33. The molecule has 0 atom stereocenters. The molecule has 5 nitrogen and oxygen atoms in total. The average molecular weight is 252 g/mol. The van der Waals surface area contributed by atoms with E-state index in [0.717, 1.165) is 0 Å². The van der Waals surface area contributed by atoms with E-state index >= 15 is 0 Å². The number of halogens is 1. The van der Waals surface area contributed by atoms with Crippen molar-refractivity contribution in [2.75, 3.05) is 7.11 Å². The van der Waals surface area contributed by atoms with Crippen LogP contribution in [0.25, 0.3) is 5.69 Å². The first-order valence-electron chi connectivity index (χ1n) is 4.88. The number of hydrogen-bond donors (Lipinski definition) is 0. The van der Waals surface area contributed by atoms with Crippen molar-refractivity contribution in [2.45, 2.75) is 6.92 Å². The quantitative estimate of drug-likeness (QED) is 0.766. The van der Waals surface area contributed by atoms with Crippen LogP contribution in [-0.4, -0.2) is 27.8 Å². The molecule has 0 aliphatic carbocycles. The summed E-state index contributed by atoms with van der Waals surface area (Å²) in [4.78, 5) is 11.7. The minimum Gasteiger partial charge on any atom is -0.465 e. The minimum absolute atomic E-state index is 0.378. The molecule has 1 aromatic carbocycles. The van der Waals surface area contributed by atoms with Crippen LogP contribution in [0, 0.1) is 6.92 Å². The molecule has 0 saturated carbocycles. The second kappa shape index (κ2) is 4.55. The molecular formula is C11H10ClN3O2. The van der Waals surface area contributed by atoms with Crippen LogP contribution in [0.2, 0.25) is 5.02 Å². The van der Waals surface area contributed by atoms with Crippen molar-refractivity contribution in [1.82, 2.24) is 14.8 Å². The van der Waals surface area contributed by atoms with E-state index in [2.05, 4.69) is 10.2 Å². The Morgan fingerprint density at radius 3 is 2.82 bits per heavy atom. The molecule has 88 valence electrons. The fraction of sp³-hybridized carbons (Fsp3) is 0.182. The van der Waals surface area contributed by atoms with Crippen LogP contribution in [0.15, 0.2) is 24.5 Å². The van der Waals surface area contributed by atoms with Gasteiger partial charge in [-0.05, 0) is 25.1 Å². The van der Waals surface area contributed by atoms with Crippen molar-refractivity contribution in [1.29, 1.82) is 0 Å². The lowest BCUT2D eigenvalue weighted by molar-refractivity contribution is 0.0601. The van der Waals surface area contributed by atoms with Crippen LogP contribution >= 0.6 is 11.6 Å². The molecule has 0 aliphatic rings. The largest absolute Gasteiger partial charge is 0.465 e. The van der Waals surface area contributed by atoms with Gasteiger partial charge in [-0.2, -0.15) is 0 Å². The van der Waals surface area contributed by atoms with Gasteiger partial charge >= 0.3 is 5.97 Å². The number of aromatic nitrogens is 3. The predicted molar refractivity (Wildman–Crippen MR) is 62.4 cm³/mol. The molecule has 1 heterocycles. The van der Waals surface area contributed by atoms with Gasteiger partial charge in [-0.25, -0.2) is 4.79 Å². The lowest BCUT2D eigenvalue weighted by Crippen LogP contribution is -2.08. The summed E-state index contributed by atoms with van der Waals surface area (Å²) in [5.41, 5.74) is 1.02. The molecule has 0 spiro atoms. The number of esters is 1. The van der Waals surface area contributed by atoms with E-state index in [4.69, 9.17) is 16.3 Å². The maximum Gasteiger partial charge on any atom is 0.340 e. The highest BCUT2D eigenvalue weighted by atomic mass is 35.5. The first kappa shape index (κ1) is 11.6. The minimum atomic E-state index is -0.449. The Balaban J connectivity index is 2.62. The van der Waals surface area contributed by atoms with E-state index in [1.54, 1.807) is 29.7 Å². The highest BCUT2D eigenvalue weighted by molar-refractivity contribution is 6.31. The van der Waals surface area contributed by atoms with Crippen molar-refractivity contribution in [2.24, 2.45) is 0 Å². The Morgan fingerprint density at radius 1 is 1.47 bits per heavy atom. The summed E-state index contributed by atoms with van der Waals surface area (Å²) in [5.74, 6) is 0.230. The van der Waals surface area contributed by atoms with Gasteiger partial charge in [0.1, 0.15) is 12.2 Å². The normalized spacial score (nSPS) is 10.3. The van der Waals surface area contributed by atoms with Gasteiger partial charge < -0.3 is 4.74 Å². The zero-order valence-corrected chi connectivity index (χ0v) is 10.1. The fourth-order valence-corrected chi connectivity index (χ4v) is 1.69. The predicted octanol–water partition coefficient (Wildman–Crippen LogP) is 2.02. The molecule has 0 saturated heterocycles. The number of carbonyl (C=O) groups is 1. The van der Waals surface area contributed by atoms with E-state index in [0.29, 0.717) is 22.1 Å². The van der Waals surface area contributed by atoms with Crippen molar-refractivity contribution < 1.29 is 9.53 Å². The summed E-state index contributed by atoms with van der Waals surface area (Å²) in [6.07, 6.45) is 1.53. The summed E-state index contributed by atoms with van der Waals surface area (Å²) in [6.45, 7) is 1.79. The molecule has 0 N–H and O–H groups in total. The second-order valence-electron chi connectivity index (χ2n) is 3.40. The molecule has 2 aromatic rings.